The second-order valence-corrected chi connectivity index (χ2v) is 7.69. The van der Waals surface area contributed by atoms with Crippen LogP contribution in [0.25, 0.3) is 10.9 Å². The Hall–Kier alpha value is -3.98. The number of aromatic hydroxyl groups is 1. The van der Waals surface area contributed by atoms with Crippen LogP contribution in [0.1, 0.15) is 21.5 Å². The first kappa shape index (κ1) is 23.2. The SMILES string of the molecule is O=C(NN=Cc1cccc2c1ccn2Cc1ccc(OC(F)(F)F)cc1)c1ccc(O)c(Cl)c1. The Kier molecular flexibility index (Phi) is 6.47. The van der Waals surface area contributed by atoms with Crippen LogP contribution in [0.2, 0.25) is 5.02 Å². The molecular formula is C24H17ClF3N3O3. The molecule has 174 valence electrons. The van der Waals surface area contributed by atoms with E-state index in [2.05, 4.69) is 15.3 Å². The van der Waals surface area contributed by atoms with Gasteiger partial charge in [-0.2, -0.15) is 5.10 Å². The molecule has 0 saturated carbocycles. The Bertz CT molecular complexity index is 1370. The number of aromatic nitrogens is 1. The highest BCUT2D eigenvalue weighted by atomic mass is 35.5. The molecule has 4 aromatic rings. The highest BCUT2D eigenvalue weighted by Gasteiger charge is 2.30. The highest BCUT2D eigenvalue weighted by molar-refractivity contribution is 6.32. The largest absolute Gasteiger partial charge is 0.573 e. The highest BCUT2D eigenvalue weighted by Crippen LogP contribution is 2.25. The average molecular weight is 488 g/mol. The second-order valence-electron chi connectivity index (χ2n) is 7.28. The molecule has 0 atom stereocenters. The fourth-order valence-electron chi connectivity index (χ4n) is 3.36. The summed E-state index contributed by atoms with van der Waals surface area (Å²) in [6.07, 6.45) is -1.36. The third-order valence-electron chi connectivity index (χ3n) is 4.94. The minimum Gasteiger partial charge on any atom is -0.506 e. The fraction of sp³-hybridized carbons (Fsp3) is 0.0833. The van der Waals surface area contributed by atoms with E-state index < -0.39 is 12.3 Å². The summed E-state index contributed by atoms with van der Waals surface area (Å²) in [5.41, 5.74) is 5.11. The van der Waals surface area contributed by atoms with Gasteiger partial charge in [-0.3, -0.25) is 4.79 Å². The molecule has 0 radical (unpaired) electrons. The van der Waals surface area contributed by atoms with Gasteiger partial charge in [-0.05, 0) is 48.0 Å². The van der Waals surface area contributed by atoms with Crippen molar-refractivity contribution in [2.75, 3.05) is 0 Å². The van der Waals surface area contributed by atoms with Crippen LogP contribution in [0, 0.1) is 0 Å². The van der Waals surface area contributed by atoms with Gasteiger partial charge in [0.1, 0.15) is 11.5 Å². The first-order chi connectivity index (χ1) is 16.2. The predicted octanol–water partition coefficient (Wildman–Crippen LogP) is 5.71. The predicted molar refractivity (Wildman–Crippen MR) is 122 cm³/mol. The van der Waals surface area contributed by atoms with Gasteiger partial charge in [-0.25, -0.2) is 5.43 Å². The topological polar surface area (TPSA) is 75.9 Å². The van der Waals surface area contributed by atoms with Crippen molar-refractivity contribution in [3.8, 4) is 11.5 Å². The molecule has 0 spiro atoms. The first-order valence-electron chi connectivity index (χ1n) is 9.94. The van der Waals surface area contributed by atoms with E-state index in [4.69, 9.17) is 11.6 Å². The van der Waals surface area contributed by atoms with Crippen LogP contribution < -0.4 is 10.2 Å². The summed E-state index contributed by atoms with van der Waals surface area (Å²) in [5, 5.41) is 14.4. The van der Waals surface area contributed by atoms with E-state index in [0.29, 0.717) is 6.54 Å². The van der Waals surface area contributed by atoms with E-state index in [0.717, 1.165) is 22.0 Å². The monoisotopic (exact) mass is 487 g/mol. The molecule has 1 amide bonds. The zero-order valence-electron chi connectivity index (χ0n) is 17.4. The van der Waals surface area contributed by atoms with E-state index in [1.807, 2.05) is 35.0 Å². The number of carbonyl (C=O) groups excluding carboxylic acids is 1. The molecule has 0 aliphatic heterocycles. The van der Waals surface area contributed by atoms with Gasteiger partial charge in [0.05, 0.1) is 11.2 Å². The molecule has 0 saturated heterocycles. The van der Waals surface area contributed by atoms with E-state index in [-0.39, 0.29) is 22.1 Å². The van der Waals surface area contributed by atoms with Crippen molar-refractivity contribution in [2.45, 2.75) is 12.9 Å². The lowest BCUT2D eigenvalue weighted by Gasteiger charge is -2.10. The summed E-state index contributed by atoms with van der Waals surface area (Å²) in [4.78, 5) is 12.2. The number of rotatable bonds is 6. The van der Waals surface area contributed by atoms with Crippen molar-refractivity contribution in [3.05, 3.63) is 94.6 Å². The van der Waals surface area contributed by atoms with Gasteiger partial charge in [0.2, 0.25) is 0 Å². The normalized spacial score (nSPS) is 11.8. The lowest BCUT2D eigenvalue weighted by Crippen LogP contribution is -2.17. The maximum atomic E-state index is 12.3. The third-order valence-corrected chi connectivity index (χ3v) is 5.24. The Morgan fingerprint density at radius 2 is 1.88 bits per heavy atom. The molecule has 10 heteroatoms. The summed E-state index contributed by atoms with van der Waals surface area (Å²) in [5.74, 6) is -0.881. The summed E-state index contributed by atoms with van der Waals surface area (Å²) in [6.45, 7) is 0.439. The molecule has 6 nitrogen and oxygen atoms in total. The van der Waals surface area contributed by atoms with Crippen LogP contribution in [-0.4, -0.2) is 28.2 Å². The van der Waals surface area contributed by atoms with Crippen molar-refractivity contribution >= 4 is 34.6 Å². The Morgan fingerprint density at radius 1 is 1.12 bits per heavy atom. The number of ether oxygens (including phenoxy) is 1. The second kappa shape index (κ2) is 9.48. The van der Waals surface area contributed by atoms with Gasteiger partial charge < -0.3 is 14.4 Å². The maximum absolute atomic E-state index is 12.3. The summed E-state index contributed by atoms with van der Waals surface area (Å²) in [7, 11) is 0. The van der Waals surface area contributed by atoms with Crippen molar-refractivity contribution < 1.29 is 27.8 Å². The summed E-state index contributed by atoms with van der Waals surface area (Å²) in [6, 6.07) is 17.2. The standard InChI is InChI=1S/C24H17ClF3N3O3/c25-20-12-16(6-9-22(20)32)23(33)30-29-13-17-2-1-3-21-19(17)10-11-31(21)14-15-4-7-18(8-5-15)34-24(26,27)28/h1-13,32H,14H2,(H,30,33). The molecule has 3 aromatic carbocycles. The minimum atomic E-state index is -4.73. The van der Waals surface area contributed by atoms with E-state index in [9.17, 15) is 23.1 Å². The number of halogens is 4. The maximum Gasteiger partial charge on any atom is 0.573 e. The molecule has 1 heterocycles. The van der Waals surface area contributed by atoms with Gasteiger partial charge in [-0.15, -0.1) is 13.2 Å². The van der Waals surface area contributed by atoms with Gasteiger partial charge in [0, 0.05) is 34.8 Å². The van der Waals surface area contributed by atoms with Gasteiger partial charge >= 0.3 is 6.36 Å². The van der Waals surface area contributed by atoms with Gasteiger partial charge in [-0.1, -0.05) is 35.9 Å². The number of phenolic OH excluding ortho intramolecular Hbond substituents is 1. The van der Waals surface area contributed by atoms with Crippen LogP contribution in [0.3, 0.4) is 0 Å². The van der Waals surface area contributed by atoms with Crippen molar-refractivity contribution in [2.24, 2.45) is 5.10 Å². The van der Waals surface area contributed by atoms with Crippen LogP contribution in [0.5, 0.6) is 11.5 Å². The number of benzene rings is 3. The molecule has 34 heavy (non-hydrogen) atoms. The number of nitrogens with zero attached hydrogens (tertiary/aromatic N) is 2. The van der Waals surface area contributed by atoms with Crippen molar-refractivity contribution in [1.29, 1.82) is 0 Å². The fourth-order valence-corrected chi connectivity index (χ4v) is 3.54. The van der Waals surface area contributed by atoms with Crippen molar-refractivity contribution in [3.63, 3.8) is 0 Å². The number of phenols is 1. The summed E-state index contributed by atoms with van der Waals surface area (Å²) >= 11 is 5.82. The number of hydrogen-bond donors (Lipinski definition) is 2. The number of hydrazone groups is 1. The Morgan fingerprint density at radius 3 is 2.59 bits per heavy atom. The van der Waals surface area contributed by atoms with E-state index in [1.165, 1.54) is 36.5 Å². The van der Waals surface area contributed by atoms with Crippen LogP contribution in [-0.2, 0) is 6.54 Å². The first-order valence-corrected chi connectivity index (χ1v) is 10.3. The summed E-state index contributed by atoms with van der Waals surface area (Å²) < 4.78 is 42.9. The van der Waals surface area contributed by atoms with Crippen LogP contribution in [0.15, 0.2) is 78.0 Å². The number of fused-ring (bicyclic) bond motifs is 1. The van der Waals surface area contributed by atoms with Crippen molar-refractivity contribution in [1.82, 2.24) is 9.99 Å². The van der Waals surface area contributed by atoms with Gasteiger partial charge in [0.25, 0.3) is 5.91 Å². The molecule has 0 bridgehead atoms. The zero-order chi connectivity index (χ0) is 24.3. The van der Waals surface area contributed by atoms with E-state index in [1.54, 1.807) is 12.1 Å². The minimum absolute atomic E-state index is 0.0604. The number of nitrogens with one attached hydrogen (secondary N) is 1. The lowest BCUT2D eigenvalue weighted by molar-refractivity contribution is -0.274. The Balaban J connectivity index is 1.47. The zero-order valence-corrected chi connectivity index (χ0v) is 18.1. The smallest absolute Gasteiger partial charge is 0.506 e. The number of amides is 1. The Labute approximate surface area is 196 Å². The van der Waals surface area contributed by atoms with Crippen LogP contribution >= 0.6 is 11.6 Å². The molecule has 1 aromatic heterocycles. The van der Waals surface area contributed by atoms with Crippen LogP contribution in [0.4, 0.5) is 13.2 Å². The molecule has 0 aliphatic rings. The van der Waals surface area contributed by atoms with Gasteiger partial charge in [0.15, 0.2) is 0 Å². The molecular weight excluding hydrogens is 471 g/mol. The number of hydrogen-bond acceptors (Lipinski definition) is 4. The molecule has 2 N–H and O–H groups in total. The molecule has 4 rings (SSSR count). The molecule has 0 unspecified atom stereocenters. The molecule has 0 fully saturated rings. The quantitative estimate of drug-likeness (QED) is 0.270. The molecule has 0 aliphatic carbocycles. The van der Waals surface area contributed by atoms with E-state index >= 15 is 0 Å². The third kappa shape index (κ3) is 5.49. The number of carbonyl (C=O) groups is 1. The lowest BCUT2D eigenvalue weighted by atomic mass is 10.1. The average Bonchev–Trinajstić information content (AvgIpc) is 3.19. The number of alkyl halides is 3.